The van der Waals surface area contributed by atoms with E-state index < -0.39 is 0 Å². The third-order valence-electron chi connectivity index (χ3n) is 3.06. The van der Waals surface area contributed by atoms with Crippen molar-refractivity contribution in [1.82, 2.24) is 15.6 Å². The van der Waals surface area contributed by atoms with Gasteiger partial charge in [0.15, 0.2) is 0 Å². The SMILES string of the molecule is CCNCCNC(=O)c1sc(COc2ccc(Cl)cc2)nc1C. The van der Waals surface area contributed by atoms with Crippen LogP contribution in [0.5, 0.6) is 5.75 Å². The van der Waals surface area contributed by atoms with Crippen molar-refractivity contribution in [3.05, 3.63) is 44.9 Å². The molecule has 0 aliphatic rings. The first-order valence-corrected chi connectivity index (χ1v) is 8.63. The number of aromatic nitrogens is 1. The fraction of sp³-hybridized carbons (Fsp3) is 0.375. The van der Waals surface area contributed by atoms with E-state index >= 15 is 0 Å². The molecule has 23 heavy (non-hydrogen) atoms. The number of carbonyl (C=O) groups excluding carboxylic acids is 1. The molecule has 1 aromatic carbocycles. The molecule has 0 atom stereocenters. The molecule has 0 saturated carbocycles. The standard InChI is InChI=1S/C16H20ClN3O2S/c1-3-18-8-9-19-16(21)15-11(2)20-14(23-15)10-22-13-6-4-12(17)5-7-13/h4-7,18H,3,8-10H2,1-2H3,(H,19,21). The Morgan fingerprint density at radius 2 is 2.04 bits per heavy atom. The number of amides is 1. The smallest absolute Gasteiger partial charge is 0.263 e. The zero-order valence-corrected chi connectivity index (χ0v) is 14.8. The Balaban J connectivity index is 1.89. The van der Waals surface area contributed by atoms with Crippen molar-refractivity contribution in [3.8, 4) is 5.75 Å². The van der Waals surface area contributed by atoms with E-state index in [-0.39, 0.29) is 5.91 Å². The number of halogens is 1. The quantitative estimate of drug-likeness (QED) is 0.716. The average Bonchev–Trinajstić information content (AvgIpc) is 2.92. The second-order valence-electron chi connectivity index (χ2n) is 4.87. The number of thiazole rings is 1. The van der Waals surface area contributed by atoms with Gasteiger partial charge in [-0.2, -0.15) is 0 Å². The van der Waals surface area contributed by atoms with Gasteiger partial charge in [-0.25, -0.2) is 4.98 Å². The first kappa shape index (κ1) is 17.7. The van der Waals surface area contributed by atoms with Crippen molar-refractivity contribution in [1.29, 1.82) is 0 Å². The third kappa shape index (κ3) is 5.49. The van der Waals surface area contributed by atoms with Gasteiger partial charge in [0.1, 0.15) is 22.2 Å². The number of hydrogen-bond donors (Lipinski definition) is 2. The van der Waals surface area contributed by atoms with Crippen LogP contribution >= 0.6 is 22.9 Å². The number of nitrogens with zero attached hydrogens (tertiary/aromatic N) is 1. The predicted molar refractivity (Wildman–Crippen MR) is 93.5 cm³/mol. The van der Waals surface area contributed by atoms with Gasteiger partial charge in [-0.05, 0) is 37.7 Å². The fourth-order valence-electron chi connectivity index (χ4n) is 1.92. The summed E-state index contributed by atoms with van der Waals surface area (Å²) < 4.78 is 5.66. The van der Waals surface area contributed by atoms with Crippen molar-refractivity contribution >= 4 is 28.8 Å². The molecule has 0 bridgehead atoms. The van der Waals surface area contributed by atoms with Crippen LogP contribution in [0.2, 0.25) is 5.02 Å². The Morgan fingerprint density at radius 1 is 1.30 bits per heavy atom. The number of benzene rings is 1. The molecule has 0 saturated heterocycles. The van der Waals surface area contributed by atoms with E-state index in [1.54, 1.807) is 24.3 Å². The number of rotatable bonds is 8. The summed E-state index contributed by atoms with van der Waals surface area (Å²) in [5.41, 5.74) is 0.727. The van der Waals surface area contributed by atoms with Crippen molar-refractivity contribution in [2.45, 2.75) is 20.5 Å². The van der Waals surface area contributed by atoms with Crippen LogP contribution in [0.3, 0.4) is 0 Å². The second-order valence-corrected chi connectivity index (χ2v) is 6.39. The molecule has 1 amide bonds. The van der Waals surface area contributed by atoms with Crippen LogP contribution in [-0.4, -0.2) is 30.5 Å². The molecule has 2 N–H and O–H groups in total. The van der Waals surface area contributed by atoms with E-state index in [2.05, 4.69) is 15.6 Å². The summed E-state index contributed by atoms with van der Waals surface area (Å²) in [6.07, 6.45) is 0. The van der Waals surface area contributed by atoms with Gasteiger partial charge in [-0.3, -0.25) is 4.79 Å². The van der Waals surface area contributed by atoms with Crippen molar-refractivity contribution < 1.29 is 9.53 Å². The largest absolute Gasteiger partial charge is 0.486 e. The van der Waals surface area contributed by atoms with E-state index in [0.29, 0.717) is 23.1 Å². The van der Waals surface area contributed by atoms with E-state index in [9.17, 15) is 4.79 Å². The maximum atomic E-state index is 12.1. The molecule has 0 radical (unpaired) electrons. The maximum Gasteiger partial charge on any atom is 0.263 e. The molecule has 1 aromatic heterocycles. The molecule has 0 aliphatic heterocycles. The molecular weight excluding hydrogens is 334 g/mol. The van der Waals surface area contributed by atoms with Crippen molar-refractivity contribution in [2.24, 2.45) is 0 Å². The monoisotopic (exact) mass is 353 g/mol. The predicted octanol–water partition coefficient (Wildman–Crippen LogP) is 3.02. The highest BCUT2D eigenvalue weighted by molar-refractivity contribution is 7.13. The summed E-state index contributed by atoms with van der Waals surface area (Å²) in [6, 6.07) is 7.15. The number of likely N-dealkylation sites (N-methyl/N-ethyl adjacent to an activating group) is 1. The highest BCUT2D eigenvalue weighted by Gasteiger charge is 2.15. The van der Waals surface area contributed by atoms with Crippen molar-refractivity contribution in [3.63, 3.8) is 0 Å². The second kappa shape index (κ2) is 8.86. The summed E-state index contributed by atoms with van der Waals surface area (Å²) >= 11 is 7.19. The number of nitrogens with one attached hydrogen (secondary N) is 2. The summed E-state index contributed by atoms with van der Waals surface area (Å²) in [4.78, 5) is 17.2. The normalized spacial score (nSPS) is 10.6. The van der Waals surface area contributed by atoms with Crippen LogP contribution < -0.4 is 15.4 Å². The molecular formula is C16H20ClN3O2S. The van der Waals surface area contributed by atoms with E-state index in [1.165, 1.54) is 11.3 Å². The molecule has 0 unspecified atom stereocenters. The summed E-state index contributed by atoms with van der Waals surface area (Å²) in [5, 5.41) is 7.48. The topological polar surface area (TPSA) is 63.2 Å². The lowest BCUT2D eigenvalue weighted by Crippen LogP contribution is -2.31. The van der Waals surface area contributed by atoms with Crippen molar-refractivity contribution in [2.75, 3.05) is 19.6 Å². The third-order valence-corrected chi connectivity index (χ3v) is 4.44. The lowest BCUT2D eigenvalue weighted by atomic mass is 10.3. The number of carbonyl (C=O) groups is 1. The minimum absolute atomic E-state index is 0.0874. The van der Waals surface area contributed by atoms with E-state index in [1.807, 2.05) is 13.8 Å². The van der Waals surface area contributed by atoms with Crippen LogP contribution in [0.1, 0.15) is 27.3 Å². The van der Waals surface area contributed by atoms with Crippen LogP contribution in [-0.2, 0) is 6.61 Å². The first-order chi connectivity index (χ1) is 11.1. The molecule has 124 valence electrons. The zero-order chi connectivity index (χ0) is 16.7. The van der Waals surface area contributed by atoms with Gasteiger partial charge < -0.3 is 15.4 Å². The Bertz CT molecular complexity index is 643. The Hall–Kier alpha value is -1.63. The lowest BCUT2D eigenvalue weighted by molar-refractivity contribution is 0.0957. The number of aryl methyl sites for hydroxylation is 1. The molecule has 7 heteroatoms. The van der Waals surface area contributed by atoms with Gasteiger partial charge >= 0.3 is 0 Å². The van der Waals surface area contributed by atoms with Gasteiger partial charge in [0, 0.05) is 18.1 Å². The zero-order valence-electron chi connectivity index (χ0n) is 13.2. The highest BCUT2D eigenvalue weighted by Crippen LogP contribution is 2.21. The fourth-order valence-corrected chi connectivity index (χ4v) is 2.94. The van der Waals surface area contributed by atoms with Gasteiger partial charge in [0.25, 0.3) is 5.91 Å². The molecule has 2 rings (SSSR count). The molecule has 1 heterocycles. The minimum atomic E-state index is -0.0874. The summed E-state index contributed by atoms with van der Waals surface area (Å²) in [6.45, 7) is 6.44. The average molecular weight is 354 g/mol. The van der Waals surface area contributed by atoms with Gasteiger partial charge in [0.2, 0.25) is 0 Å². The number of hydrogen-bond acceptors (Lipinski definition) is 5. The van der Waals surface area contributed by atoms with Crippen LogP contribution in [0.4, 0.5) is 0 Å². The van der Waals surface area contributed by atoms with Crippen LogP contribution in [0, 0.1) is 6.92 Å². The molecule has 0 fully saturated rings. The van der Waals surface area contributed by atoms with Gasteiger partial charge in [0.05, 0.1) is 5.69 Å². The molecule has 5 nitrogen and oxygen atoms in total. The Kier molecular flexibility index (Phi) is 6.83. The lowest BCUT2D eigenvalue weighted by Gasteiger charge is -2.04. The van der Waals surface area contributed by atoms with Gasteiger partial charge in [-0.1, -0.05) is 18.5 Å². The summed E-state index contributed by atoms with van der Waals surface area (Å²) in [7, 11) is 0. The molecule has 2 aromatic rings. The molecule has 0 spiro atoms. The maximum absolute atomic E-state index is 12.1. The highest BCUT2D eigenvalue weighted by atomic mass is 35.5. The van der Waals surface area contributed by atoms with E-state index in [0.717, 1.165) is 29.5 Å². The Labute approximate surface area is 145 Å². The van der Waals surface area contributed by atoms with Crippen LogP contribution in [0.25, 0.3) is 0 Å². The van der Waals surface area contributed by atoms with Crippen LogP contribution in [0.15, 0.2) is 24.3 Å². The summed E-state index contributed by atoms with van der Waals surface area (Å²) in [5.74, 6) is 0.634. The number of ether oxygens (including phenoxy) is 1. The van der Waals surface area contributed by atoms with E-state index in [4.69, 9.17) is 16.3 Å². The first-order valence-electron chi connectivity index (χ1n) is 7.43. The molecule has 0 aliphatic carbocycles. The van der Waals surface area contributed by atoms with Gasteiger partial charge in [-0.15, -0.1) is 11.3 Å². The minimum Gasteiger partial charge on any atom is -0.486 e. The Morgan fingerprint density at radius 3 is 2.74 bits per heavy atom.